The smallest absolute Gasteiger partial charge is 0.222 e. The van der Waals surface area contributed by atoms with Crippen LogP contribution in [-0.2, 0) is 14.3 Å². The van der Waals surface area contributed by atoms with Gasteiger partial charge in [0.05, 0.1) is 19.7 Å². The average molecular weight is 336 g/mol. The second kappa shape index (κ2) is 7.42. The molecule has 1 spiro atoms. The molecule has 0 aliphatic carbocycles. The number of amides is 2. The molecular weight excluding hydrogens is 304 g/mol. The van der Waals surface area contributed by atoms with Gasteiger partial charge in [-0.25, -0.2) is 0 Å². The minimum Gasteiger partial charge on any atom is -0.371 e. The lowest BCUT2D eigenvalue weighted by molar-refractivity contribution is -0.190. The predicted molar refractivity (Wildman–Crippen MR) is 92.5 cm³/mol. The summed E-state index contributed by atoms with van der Waals surface area (Å²) >= 11 is 0. The van der Waals surface area contributed by atoms with Crippen molar-refractivity contribution >= 4 is 11.8 Å². The Morgan fingerprint density at radius 1 is 1.33 bits per heavy atom. The number of piperidine rings is 1. The van der Waals surface area contributed by atoms with E-state index in [0.717, 1.165) is 64.9 Å². The fourth-order valence-corrected chi connectivity index (χ4v) is 4.07. The minimum absolute atomic E-state index is 0.0874. The van der Waals surface area contributed by atoms with Crippen LogP contribution in [0.4, 0.5) is 0 Å². The first-order valence-electron chi connectivity index (χ1n) is 9.67. The van der Waals surface area contributed by atoms with Crippen molar-refractivity contribution < 1.29 is 14.3 Å². The Bertz CT molecular complexity index is 461. The Kier molecular flexibility index (Phi) is 5.48. The molecule has 3 fully saturated rings. The van der Waals surface area contributed by atoms with Crippen LogP contribution in [0.1, 0.15) is 58.8 Å². The summed E-state index contributed by atoms with van der Waals surface area (Å²) in [6.07, 6.45) is 6.65. The normalized spacial score (nSPS) is 26.8. The molecule has 3 saturated heterocycles. The number of nitrogens with zero attached hydrogens (tertiary/aromatic N) is 2. The number of carbonyl (C=O) groups is 2. The zero-order chi connectivity index (χ0) is 17.2. The molecule has 0 unspecified atom stereocenters. The monoisotopic (exact) mass is 336 g/mol. The van der Waals surface area contributed by atoms with Gasteiger partial charge in [0, 0.05) is 31.8 Å². The van der Waals surface area contributed by atoms with Gasteiger partial charge in [-0.3, -0.25) is 9.59 Å². The molecule has 3 rings (SSSR count). The average Bonchev–Trinajstić information content (AvgIpc) is 2.53. The molecule has 5 heteroatoms. The molecule has 0 aromatic carbocycles. The summed E-state index contributed by atoms with van der Waals surface area (Å²) in [6.45, 7) is 8.34. The van der Waals surface area contributed by atoms with Crippen molar-refractivity contribution in [1.82, 2.24) is 9.80 Å². The summed E-state index contributed by atoms with van der Waals surface area (Å²) in [7, 11) is 0. The first kappa shape index (κ1) is 17.7. The van der Waals surface area contributed by atoms with Gasteiger partial charge >= 0.3 is 0 Å². The van der Waals surface area contributed by atoms with Crippen LogP contribution < -0.4 is 0 Å². The Hall–Kier alpha value is -1.10. The highest BCUT2D eigenvalue weighted by atomic mass is 16.5. The molecule has 2 amide bonds. The molecule has 0 bridgehead atoms. The van der Waals surface area contributed by atoms with Crippen molar-refractivity contribution in [3.05, 3.63) is 0 Å². The third-order valence-corrected chi connectivity index (χ3v) is 5.78. The first-order chi connectivity index (χ1) is 11.5. The summed E-state index contributed by atoms with van der Waals surface area (Å²) in [5, 5.41) is 0. The van der Waals surface area contributed by atoms with Crippen molar-refractivity contribution in [1.29, 1.82) is 0 Å². The maximum atomic E-state index is 12.1. The quantitative estimate of drug-likeness (QED) is 0.775. The highest BCUT2D eigenvalue weighted by molar-refractivity contribution is 5.77. The summed E-state index contributed by atoms with van der Waals surface area (Å²) in [6, 6.07) is 0. The van der Waals surface area contributed by atoms with Gasteiger partial charge in [-0.05, 0) is 38.0 Å². The van der Waals surface area contributed by atoms with E-state index < -0.39 is 0 Å². The van der Waals surface area contributed by atoms with E-state index in [1.165, 1.54) is 0 Å². The zero-order valence-corrected chi connectivity index (χ0v) is 15.3. The summed E-state index contributed by atoms with van der Waals surface area (Å²) in [5.41, 5.74) is -0.0874. The number of likely N-dealkylation sites (tertiary alicyclic amines) is 2. The van der Waals surface area contributed by atoms with Gasteiger partial charge in [0.1, 0.15) is 5.60 Å². The second-order valence-corrected chi connectivity index (χ2v) is 8.38. The predicted octanol–water partition coefficient (Wildman–Crippen LogP) is 2.44. The van der Waals surface area contributed by atoms with Crippen molar-refractivity contribution in [2.45, 2.75) is 64.4 Å². The van der Waals surface area contributed by atoms with Crippen LogP contribution in [0.2, 0.25) is 0 Å². The Balaban J connectivity index is 1.38. The second-order valence-electron chi connectivity index (χ2n) is 8.38. The third-order valence-electron chi connectivity index (χ3n) is 5.78. The van der Waals surface area contributed by atoms with Crippen LogP contribution in [0.25, 0.3) is 0 Å². The molecule has 3 heterocycles. The van der Waals surface area contributed by atoms with Gasteiger partial charge in [-0.1, -0.05) is 13.8 Å². The number of carbonyl (C=O) groups excluding carboxylic acids is 2. The van der Waals surface area contributed by atoms with Crippen LogP contribution in [-0.4, -0.2) is 60.0 Å². The van der Waals surface area contributed by atoms with Gasteiger partial charge in [-0.2, -0.15) is 0 Å². The lowest BCUT2D eigenvalue weighted by atomic mass is 9.82. The topological polar surface area (TPSA) is 49.9 Å². The van der Waals surface area contributed by atoms with E-state index in [-0.39, 0.29) is 11.5 Å². The zero-order valence-electron chi connectivity index (χ0n) is 15.3. The van der Waals surface area contributed by atoms with Gasteiger partial charge in [0.2, 0.25) is 11.8 Å². The van der Waals surface area contributed by atoms with Crippen LogP contribution in [0.3, 0.4) is 0 Å². The Labute approximate surface area is 145 Å². The molecular formula is C19H32N2O3. The van der Waals surface area contributed by atoms with E-state index in [0.29, 0.717) is 30.6 Å². The van der Waals surface area contributed by atoms with Gasteiger partial charge in [0.15, 0.2) is 0 Å². The van der Waals surface area contributed by atoms with Crippen LogP contribution in [0.5, 0.6) is 0 Å². The molecule has 3 aliphatic heterocycles. The summed E-state index contributed by atoms with van der Waals surface area (Å²) in [5.74, 6) is 1.63. The molecule has 24 heavy (non-hydrogen) atoms. The number of ether oxygens (including phenoxy) is 1. The molecule has 3 aliphatic rings. The highest BCUT2D eigenvalue weighted by Crippen LogP contribution is 2.36. The largest absolute Gasteiger partial charge is 0.371 e. The van der Waals surface area contributed by atoms with Gasteiger partial charge < -0.3 is 14.5 Å². The van der Waals surface area contributed by atoms with Crippen molar-refractivity contribution in [3.63, 3.8) is 0 Å². The molecule has 0 radical (unpaired) electrons. The van der Waals surface area contributed by atoms with E-state index >= 15 is 0 Å². The van der Waals surface area contributed by atoms with E-state index in [1.54, 1.807) is 0 Å². The third kappa shape index (κ3) is 4.11. The van der Waals surface area contributed by atoms with Crippen molar-refractivity contribution in [3.8, 4) is 0 Å². The van der Waals surface area contributed by atoms with Crippen LogP contribution in [0, 0.1) is 11.8 Å². The van der Waals surface area contributed by atoms with Gasteiger partial charge in [-0.15, -0.1) is 0 Å². The van der Waals surface area contributed by atoms with Crippen LogP contribution >= 0.6 is 0 Å². The fourth-order valence-electron chi connectivity index (χ4n) is 4.07. The molecule has 5 nitrogen and oxygen atoms in total. The van der Waals surface area contributed by atoms with E-state index in [9.17, 15) is 9.59 Å². The molecule has 0 N–H and O–H groups in total. The first-order valence-corrected chi connectivity index (χ1v) is 9.67. The molecule has 0 saturated carbocycles. The molecule has 1 atom stereocenters. The van der Waals surface area contributed by atoms with Crippen molar-refractivity contribution in [2.75, 3.05) is 32.8 Å². The SMILES string of the molecule is CC(C)CCC(=O)N1CC2(CC[C@@H](CN3CCCCC3=O)CO2)C1. The minimum atomic E-state index is -0.0874. The Morgan fingerprint density at radius 3 is 2.75 bits per heavy atom. The molecule has 0 aromatic heterocycles. The van der Waals surface area contributed by atoms with Gasteiger partial charge in [0.25, 0.3) is 0 Å². The van der Waals surface area contributed by atoms with E-state index in [4.69, 9.17) is 4.74 Å². The maximum absolute atomic E-state index is 12.1. The summed E-state index contributed by atoms with van der Waals surface area (Å²) < 4.78 is 6.16. The standard InChI is InChI=1S/C19H32N2O3/c1-15(2)6-7-18(23)21-13-19(14-21)9-8-16(12-24-19)11-20-10-4-3-5-17(20)22/h15-16H,3-14H2,1-2H3/t16-/m0/s1. The van der Waals surface area contributed by atoms with E-state index in [2.05, 4.69) is 13.8 Å². The molecule has 136 valence electrons. The molecule has 0 aromatic rings. The highest BCUT2D eigenvalue weighted by Gasteiger charge is 2.48. The maximum Gasteiger partial charge on any atom is 0.222 e. The number of hydrogen-bond acceptors (Lipinski definition) is 3. The van der Waals surface area contributed by atoms with E-state index in [1.807, 2.05) is 9.80 Å². The summed E-state index contributed by atoms with van der Waals surface area (Å²) in [4.78, 5) is 28.1. The fraction of sp³-hybridized carbons (Fsp3) is 0.895. The number of rotatable bonds is 5. The Morgan fingerprint density at radius 2 is 2.12 bits per heavy atom. The van der Waals surface area contributed by atoms with Crippen molar-refractivity contribution in [2.24, 2.45) is 11.8 Å². The number of hydrogen-bond donors (Lipinski definition) is 0. The van der Waals surface area contributed by atoms with Crippen LogP contribution in [0.15, 0.2) is 0 Å². The lowest BCUT2D eigenvalue weighted by Crippen LogP contribution is -2.66. The lowest BCUT2D eigenvalue weighted by Gasteiger charge is -2.53.